The number of nitrogens with one attached hydrogen (secondary N) is 1. The molecule has 0 unspecified atom stereocenters. The zero-order valence-electron chi connectivity index (χ0n) is 17.5. The standard InChI is InChI=1S/C20H20BrN3O6S/c1-9-14(19(26)28-4)18(31-16(9)20(27)29-5)22-17(25)13-7-6-12(30-13)8-24-11(3)15(21)10(2)23-24/h6-7H,8H2,1-5H3,(H,22,25). The molecule has 31 heavy (non-hydrogen) atoms. The van der Waals surface area contributed by atoms with Crippen molar-refractivity contribution >= 4 is 50.1 Å². The fourth-order valence-corrected chi connectivity index (χ4v) is 4.36. The molecule has 0 atom stereocenters. The van der Waals surface area contributed by atoms with Crippen molar-refractivity contribution in [1.29, 1.82) is 0 Å². The molecule has 3 heterocycles. The van der Waals surface area contributed by atoms with Crippen LogP contribution in [-0.4, -0.2) is 41.8 Å². The number of aromatic nitrogens is 2. The lowest BCUT2D eigenvalue weighted by molar-refractivity contribution is 0.0601. The number of amides is 1. The first kappa shape index (κ1) is 22.8. The number of methoxy groups -OCH3 is 2. The van der Waals surface area contributed by atoms with Gasteiger partial charge in [-0.05, 0) is 54.4 Å². The Hall–Kier alpha value is -2.92. The van der Waals surface area contributed by atoms with Gasteiger partial charge in [0.25, 0.3) is 5.91 Å². The quantitative estimate of drug-likeness (QED) is 0.497. The summed E-state index contributed by atoms with van der Waals surface area (Å²) in [5.41, 5.74) is 2.26. The third-order valence-corrected chi connectivity index (χ3v) is 6.95. The molecule has 0 fully saturated rings. The minimum Gasteiger partial charge on any atom is -0.465 e. The van der Waals surface area contributed by atoms with Crippen molar-refractivity contribution in [3.63, 3.8) is 0 Å². The SMILES string of the molecule is COC(=O)c1sc(NC(=O)c2ccc(Cn3nc(C)c(Br)c3C)o2)c(C(=O)OC)c1C. The number of aryl methyl sites for hydroxylation is 1. The Kier molecular flexibility index (Phi) is 6.65. The molecular weight excluding hydrogens is 490 g/mol. The van der Waals surface area contributed by atoms with Crippen LogP contribution in [0.1, 0.15) is 53.3 Å². The Bertz CT molecular complexity index is 1180. The second-order valence-electron chi connectivity index (χ2n) is 6.61. The first-order valence-corrected chi connectivity index (χ1v) is 10.7. The molecule has 0 bridgehead atoms. The lowest BCUT2D eigenvalue weighted by Gasteiger charge is -2.05. The monoisotopic (exact) mass is 509 g/mol. The van der Waals surface area contributed by atoms with Crippen LogP contribution in [0.5, 0.6) is 0 Å². The molecule has 0 aliphatic carbocycles. The number of esters is 2. The summed E-state index contributed by atoms with van der Waals surface area (Å²) < 4.78 is 17.9. The summed E-state index contributed by atoms with van der Waals surface area (Å²) in [6.07, 6.45) is 0. The molecule has 0 spiro atoms. The Morgan fingerprint density at radius 1 is 1.16 bits per heavy atom. The summed E-state index contributed by atoms with van der Waals surface area (Å²) >= 11 is 4.41. The number of carbonyl (C=O) groups is 3. The highest BCUT2D eigenvalue weighted by Crippen LogP contribution is 2.34. The minimum atomic E-state index is -0.672. The van der Waals surface area contributed by atoms with Crippen molar-refractivity contribution < 1.29 is 28.3 Å². The van der Waals surface area contributed by atoms with E-state index in [1.54, 1.807) is 17.7 Å². The number of anilines is 1. The molecular formula is C20H20BrN3O6S. The summed E-state index contributed by atoms with van der Waals surface area (Å²) in [7, 11) is 2.46. The maximum atomic E-state index is 12.7. The third kappa shape index (κ3) is 4.42. The molecule has 0 aromatic carbocycles. The van der Waals surface area contributed by atoms with Crippen molar-refractivity contribution in [2.75, 3.05) is 19.5 Å². The number of nitrogens with zero attached hydrogens (tertiary/aromatic N) is 2. The van der Waals surface area contributed by atoms with Crippen LogP contribution in [0.4, 0.5) is 5.00 Å². The number of hydrogen-bond donors (Lipinski definition) is 1. The average molecular weight is 510 g/mol. The number of halogens is 1. The smallest absolute Gasteiger partial charge is 0.348 e. The third-order valence-electron chi connectivity index (χ3n) is 4.62. The molecule has 0 radical (unpaired) electrons. The Morgan fingerprint density at radius 2 is 1.84 bits per heavy atom. The van der Waals surface area contributed by atoms with E-state index in [2.05, 4.69) is 26.3 Å². The van der Waals surface area contributed by atoms with Crippen LogP contribution in [0.25, 0.3) is 0 Å². The number of rotatable bonds is 6. The molecule has 3 rings (SSSR count). The van der Waals surface area contributed by atoms with Crippen LogP contribution in [0.3, 0.4) is 0 Å². The van der Waals surface area contributed by atoms with Crippen molar-refractivity contribution in [2.45, 2.75) is 27.3 Å². The van der Waals surface area contributed by atoms with Crippen molar-refractivity contribution in [3.8, 4) is 0 Å². The zero-order valence-corrected chi connectivity index (χ0v) is 19.9. The fourth-order valence-electron chi connectivity index (χ4n) is 2.96. The molecule has 164 valence electrons. The highest BCUT2D eigenvalue weighted by Gasteiger charge is 2.27. The molecule has 1 amide bonds. The fraction of sp³-hybridized carbons (Fsp3) is 0.300. The average Bonchev–Trinajstić information content (AvgIpc) is 3.41. The molecule has 3 aromatic heterocycles. The Morgan fingerprint density at radius 3 is 2.42 bits per heavy atom. The van der Waals surface area contributed by atoms with E-state index in [-0.39, 0.29) is 21.2 Å². The van der Waals surface area contributed by atoms with Crippen LogP contribution in [-0.2, 0) is 16.0 Å². The predicted octanol–water partition coefficient (Wildman–Crippen LogP) is 4.10. The van der Waals surface area contributed by atoms with Crippen LogP contribution in [0.15, 0.2) is 21.0 Å². The predicted molar refractivity (Wildman–Crippen MR) is 117 cm³/mol. The summed E-state index contributed by atoms with van der Waals surface area (Å²) in [5.74, 6) is -1.26. The van der Waals surface area contributed by atoms with Crippen molar-refractivity contribution in [3.05, 3.63) is 55.5 Å². The van der Waals surface area contributed by atoms with Gasteiger partial charge in [0.05, 0.1) is 42.2 Å². The van der Waals surface area contributed by atoms with Gasteiger partial charge in [0.1, 0.15) is 15.6 Å². The van der Waals surface area contributed by atoms with E-state index in [9.17, 15) is 14.4 Å². The first-order chi connectivity index (χ1) is 14.7. The van der Waals surface area contributed by atoms with E-state index in [4.69, 9.17) is 13.9 Å². The number of furan rings is 1. The largest absolute Gasteiger partial charge is 0.465 e. The molecule has 1 N–H and O–H groups in total. The second-order valence-corrected chi connectivity index (χ2v) is 8.42. The van der Waals surface area contributed by atoms with Crippen LogP contribution in [0.2, 0.25) is 0 Å². The van der Waals surface area contributed by atoms with Crippen LogP contribution >= 0.6 is 27.3 Å². The first-order valence-electron chi connectivity index (χ1n) is 9.07. The maximum Gasteiger partial charge on any atom is 0.348 e. The highest BCUT2D eigenvalue weighted by molar-refractivity contribution is 9.10. The van der Waals surface area contributed by atoms with Gasteiger partial charge in [0, 0.05) is 0 Å². The molecule has 0 saturated carbocycles. The number of carbonyl (C=O) groups excluding carboxylic acids is 3. The van der Waals surface area contributed by atoms with Gasteiger partial charge < -0.3 is 19.2 Å². The normalized spacial score (nSPS) is 10.8. The number of ether oxygens (including phenoxy) is 2. The lowest BCUT2D eigenvalue weighted by Crippen LogP contribution is -2.13. The summed E-state index contributed by atoms with van der Waals surface area (Å²) in [5, 5.41) is 7.23. The van der Waals surface area contributed by atoms with E-state index < -0.39 is 17.8 Å². The molecule has 0 saturated heterocycles. The van der Waals surface area contributed by atoms with Crippen molar-refractivity contribution in [1.82, 2.24) is 9.78 Å². The van der Waals surface area contributed by atoms with Gasteiger partial charge in [0.2, 0.25) is 0 Å². The molecule has 11 heteroatoms. The van der Waals surface area contributed by atoms with E-state index >= 15 is 0 Å². The maximum absolute atomic E-state index is 12.7. The van der Waals surface area contributed by atoms with Crippen LogP contribution in [0, 0.1) is 20.8 Å². The zero-order chi connectivity index (χ0) is 22.9. The molecule has 0 aliphatic heterocycles. The second kappa shape index (κ2) is 9.06. The van der Waals surface area contributed by atoms with E-state index in [1.165, 1.54) is 20.3 Å². The van der Waals surface area contributed by atoms with Gasteiger partial charge in [-0.15, -0.1) is 11.3 Å². The van der Waals surface area contributed by atoms with Gasteiger partial charge in [-0.1, -0.05) is 0 Å². The van der Waals surface area contributed by atoms with E-state index in [0.29, 0.717) is 17.9 Å². The van der Waals surface area contributed by atoms with Gasteiger partial charge in [0.15, 0.2) is 5.76 Å². The highest BCUT2D eigenvalue weighted by atomic mass is 79.9. The summed E-state index contributed by atoms with van der Waals surface area (Å²) in [6.45, 7) is 5.75. The van der Waals surface area contributed by atoms with Gasteiger partial charge in [-0.2, -0.15) is 5.10 Å². The summed E-state index contributed by atoms with van der Waals surface area (Å²) in [4.78, 5) is 37.1. The molecule has 3 aromatic rings. The minimum absolute atomic E-state index is 0.0529. The number of hydrogen-bond acceptors (Lipinski definition) is 8. The Labute approximate surface area is 190 Å². The van der Waals surface area contributed by atoms with Gasteiger partial charge in [-0.25, -0.2) is 9.59 Å². The van der Waals surface area contributed by atoms with E-state index in [0.717, 1.165) is 27.2 Å². The van der Waals surface area contributed by atoms with Gasteiger partial charge >= 0.3 is 11.9 Å². The molecule has 9 nitrogen and oxygen atoms in total. The number of thiophene rings is 1. The topological polar surface area (TPSA) is 113 Å². The van der Waals surface area contributed by atoms with Crippen molar-refractivity contribution in [2.24, 2.45) is 0 Å². The Balaban J connectivity index is 1.84. The molecule has 0 aliphatic rings. The summed E-state index contributed by atoms with van der Waals surface area (Å²) in [6, 6.07) is 3.21. The lowest BCUT2D eigenvalue weighted by atomic mass is 10.1. The van der Waals surface area contributed by atoms with E-state index in [1.807, 2.05) is 13.8 Å². The van der Waals surface area contributed by atoms with Gasteiger partial charge in [-0.3, -0.25) is 9.48 Å². The van der Waals surface area contributed by atoms with Crippen LogP contribution < -0.4 is 5.32 Å².